The first-order valence-corrected chi connectivity index (χ1v) is 11.0. The Balaban J connectivity index is 1.82. The van der Waals surface area contributed by atoms with E-state index in [4.69, 9.17) is 33.9 Å². The largest absolute Gasteiger partial charge is 0.466 e. The van der Waals surface area contributed by atoms with E-state index in [9.17, 15) is 19.2 Å². The third kappa shape index (κ3) is 4.73. The molecule has 2 fully saturated rings. The fourth-order valence-electron chi connectivity index (χ4n) is 2.58. The molecule has 0 atom stereocenters. The summed E-state index contributed by atoms with van der Waals surface area (Å²) in [4.78, 5) is 52.1. The number of thioether (sulfide) groups is 2. The molecule has 2 saturated heterocycles. The number of rotatable bonds is 0. The number of amides is 2. The fourth-order valence-corrected chi connectivity index (χ4v) is 5.35. The van der Waals surface area contributed by atoms with Gasteiger partial charge in [-0.25, -0.2) is 0 Å². The molecule has 0 aromatic rings. The number of thiocarbonyl (C=S) groups is 2. The Labute approximate surface area is 180 Å². The maximum atomic E-state index is 12.7. The molecular weight excluding hydrogens is 444 g/mol. The molecule has 0 saturated carbocycles. The average molecular weight is 461 g/mol. The number of fused-ring (bicyclic) bond motifs is 4. The summed E-state index contributed by atoms with van der Waals surface area (Å²) in [7, 11) is 0. The van der Waals surface area contributed by atoms with Crippen LogP contribution < -0.4 is 0 Å². The van der Waals surface area contributed by atoms with E-state index in [1.807, 2.05) is 0 Å². The molecule has 3 rings (SSSR count). The molecule has 0 N–H and O–H groups in total. The smallest absolute Gasteiger partial charge is 0.307 e. The topological polar surface area (TPSA) is 93.2 Å². The molecule has 3 heterocycles. The monoisotopic (exact) mass is 460 g/mol. The van der Waals surface area contributed by atoms with Gasteiger partial charge in [-0.2, -0.15) is 0 Å². The van der Waals surface area contributed by atoms with E-state index in [1.54, 1.807) is 0 Å². The van der Waals surface area contributed by atoms with Crippen molar-refractivity contribution in [1.29, 1.82) is 0 Å². The molecule has 0 spiro atoms. The predicted molar refractivity (Wildman–Crippen MR) is 111 cm³/mol. The van der Waals surface area contributed by atoms with Gasteiger partial charge in [0.15, 0.2) is 0 Å². The summed E-state index contributed by atoms with van der Waals surface area (Å²) in [5.74, 6) is -1.75. The van der Waals surface area contributed by atoms with Crippen LogP contribution in [0, 0.1) is 0 Å². The van der Waals surface area contributed by atoms with E-state index in [0.717, 1.165) is 23.5 Å². The van der Waals surface area contributed by atoms with Crippen LogP contribution in [-0.4, -0.2) is 68.5 Å². The van der Waals surface area contributed by atoms with E-state index < -0.39 is 23.8 Å². The Morgan fingerprint density at radius 3 is 1.50 bits per heavy atom. The number of cyclic esters (lactones) is 2. The lowest BCUT2D eigenvalue weighted by molar-refractivity contribution is -0.146. The number of carbonyl (C=O) groups is 4. The van der Waals surface area contributed by atoms with Crippen molar-refractivity contribution >= 4 is 80.4 Å². The highest BCUT2D eigenvalue weighted by Gasteiger charge is 2.42. The van der Waals surface area contributed by atoms with Crippen molar-refractivity contribution < 1.29 is 28.7 Å². The molecule has 0 aromatic heterocycles. The maximum Gasteiger partial charge on any atom is 0.307 e. The van der Waals surface area contributed by atoms with E-state index in [1.165, 1.54) is 9.80 Å². The summed E-state index contributed by atoms with van der Waals surface area (Å²) in [5, 5.41) is 0. The maximum absolute atomic E-state index is 12.7. The highest BCUT2D eigenvalue weighted by molar-refractivity contribution is 8.29. The summed E-state index contributed by atoms with van der Waals surface area (Å²) in [6, 6.07) is 0. The minimum Gasteiger partial charge on any atom is -0.466 e. The van der Waals surface area contributed by atoms with Crippen molar-refractivity contribution in [3.8, 4) is 0 Å². The first-order valence-electron chi connectivity index (χ1n) is 8.51. The first kappa shape index (κ1) is 21.2. The fraction of sp³-hybridized carbons (Fsp3) is 0.500. The van der Waals surface area contributed by atoms with Crippen LogP contribution in [0.25, 0.3) is 0 Å². The molecule has 0 unspecified atom stereocenters. The van der Waals surface area contributed by atoms with Gasteiger partial charge in [0.05, 0.1) is 35.9 Å². The summed E-state index contributed by atoms with van der Waals surface area (Å²) in [5.41, 5.74) is 0. The van der Waals surface area contributed by atoms with Crippen molar-refractivity contribution in [1.82, 2.24) is 9.80 Å². The van der Waals surface area contributed by atoms with Gasteiger partial charge in [-0.3, -0.25) is 29.0 Å². The van der Waals surface area contributed by atoms with Crippen LogP contribution in [-0.2, 0) is 28.7 Å². The Hall–Kier alpha value is -1.50. The highest BCUT2D eigenvalue weighted by atomic mass is 32.2. The van der Waals surface area contributed by atoms with Gasteiger partial charge in [0.25, 0.3) is 11.8 Å². The Bertz CT molecular complexity index is 732. The van der Waals surface area contributed by atoms with Gasteiger partial charge in [0.1, 0.15) is 8.64 Å². The lowest BCUT2D eigenvalue weighted by Gasteiger charge is -2.15. The molecule has 0 aliphatic carbocycles. The molecule has 4 bridgehead atoms. The molecule has 3 aliphatic rings. The molecule has 0 aromatic carbocycles. The van der Waals surface area contributed by atoms with Crippen LogP contribution in [0.5, 0.6) is 0 Å². The second-order valence-corrected chi connectivity index (χ2v) is 9.24. The number of hydrogen-bond acceptors (Lipinski definition) is 10. The summed E-state index contributed by atoms with van der Waals surface area (Å²) >= 11 is 12.5. The van der Waals surface area contributed by atoms with Crippen LogP contribution in [0.4, 0.5) is 0 Å². The van der Waals surface area contributed by atoms with Gasteiger partial charge in [0.2, 0.25) is 0 Å². The Kier molecular flexibility index (Phi) is 7.07. The molecule has 150 valence electrons. The molecule has 28 heavy (non-hydrogen) atoms. The number of ether oxygens (including phenoxy) is 2. The standard InChI is InChI=1S/C16H16N2O6S4/c19-9-3-5-17-13(21)11(27-15(17)25)12-14(22)18(16(26)28-12)6-4-10(20)24-8-2-1-7-23-9/h1-8H2. The SMILES string of the molecule is O=C1CCN2C(=O)C(=C3SC(=S)N(CCC(=O)OCCCCO1)C3=O)SC2=S. The molecule has 8 nitrogen and oxygen atoms in total. The highest BCUT2D eigenvalue weighted by Crippen LogP contribution is 2.42. The van der Waals surface area contributed by atoms with Crippen LogP contribution in [0.15, 0.2) is 9.81 Å². The quantitative estimate of drug-likeness (QED) is 0.392. The van der Waals surface area contributed by atoms with Gasteiger partial charge in [-0.05, 0) is 12.8 Å². The lowest BCUT2D eigenvalue weighted by Crippen LogP contribution is -2.32. The minimum atomic E-state index is -0.446. The average Bonchev–Trinajstić information content (AvgIpc) is 3.09. The number of nitrogens with zero attached hydrogens (tertiary/aromatic N) is 2. The molecule has 0 radical (unpaired) electrons. The number of esters is 2. The Morgan fingerprint density at radius 1 is 0.714 bits per heavy atom. The third-order valence-electron chi connectivity index (χ3n) is 4.05. The number of hydrogen-bond donors (Lipinski definition) is 0. The zero-order valence-corrected chi connectivity index (χ0v) is 17.9. The van der Waals surface area contributed by atoms with Crippen molar-refractivity contribution in [2.45, 2.75) is 25.7 Å². The molecule has 3 aliphatic heterocycles. The van der Waals surface area contributed by atoms with Crippen LogP contribution in [0.2, 0.25) is 0 Å². The normalized spacial score (nSPS) is 23.0. The van der Waals surface area contributed by atoms with Gasteiger partial charge in [-0.1, -0.05) is 48.0 Å². The molecular formula is C16H16N2O6S4. The van der Waals surface area contributed by atoms with Crippen LogP contribution in [0.1, 0.15) is 25.7 Å². The van der Waals surface area contributed by atoms with Gasteiger partial charge < -0.3 is 9.47 Å². The summed E-state index contributed by atoms with van der Waals surface area (Å²) in [6.45, 7) is 0.605. The summed E-state index contributed by atoms with van der Waals surface area (Å²) < 4.78 is 10.8. The van der Waals surface area contributed by atoms with Crippen LogP contribution in [0.3, 0.4) is 0 Å². The second kappa shape index (κ2) is 9.33. The van der Waals surface area contributed by atoms with Gasteiger partial charge >= 0.3 is 11.9 Å². The van der Waals surface area contributed by atoms with Crippen LogP contribution >= 0.6 is 48.0 Å². The summed E-state index contributed by atoms with van der Waals surface area (Å²) in [6.07, 6.45) is 1.10. The zero-order valence-electron chi connectivity index (χ0n) is 14.6. The van der Waals surface area contributed by atoms with E-state index in [0.29, 0.717) is 12.8 Å². The molecule has 12 heteroatoms. The van der Waals surface area contributed by atoms with E-state index >= 15 is 0 Å². The third-order valence-corrected chi connectivity index (χ3v) is 7.07. The van der Waals surface area contributed by atoms with Gasteiger partial charge in [-0.15, -0.1) is 0 Å². The van der Waals surface area contributed by atoms with E-state index in [2.05, 4.69) is 0 Å². The zero-order chi connectivity index (χ0) is 20.3. The van der Waals surface area contributed by atoms with Crippen molar-refractivity contribution in [3.05, 3.63) is 9.81 Å². The van der Waals surface area contributed by atoms with Crippen molar-refractivity contribution in [2.75, 3.05) is 26.3 Å². The first-order chi connectivity index (χ1) is 13.4. The number of carbonyl (C=O) groups excluding carboxylic acids is 4. The predicted octanol–water partition coefficient (Wildman–Crippen LogP) is 1.58. The Morgan fingerprint density at radius 2 is 1.11 bits per heavy atom. The van der Waals surface area contributed by atoms with E-state index in [-0.39, 0.29) is 57.6 Å². The van der Waals surface area contributed by atoms with Crippen molar-refractivity contribution in [3.63, 3.8) is 0 Å². The minimum absolute atomic E-state index is 0.00430. The van der Waals surface area contributed by atoms with Crippen molar-refractivity contribution in [2.24, 2.45) is 0 Å². The lowest BCUT2D eigenvalue weighted by atomic mass is 10.3. The molecule has 2 amide bonds. The second-order valence-electron chi connectivity index (χ2n) is 5.96. The van der Waals surface area contributed by atoms with Gasteiger partial charge in [0, 0.05) is 13.1 Å².